The number of hydrogen-bond donors (Lipinski definition) is 1. The van der Waals surface area contributed by atoms with Gasteiger partial charge in [0.1, 0.15) is 12.1 Å². The minimum absolute atomic E-state index is 0.0300. The maximum Gasteiger partial charge on any atom is 0.244 e. The summed E-state index contributed by atoms with van der Waals surface area (Å²) in [6.45, 7) is 0.0776. The number of nitrogens with zero attached hydrogens (tertiary/aromatic N) is 2. The number of hydrogen-bond acceptors (Lipinski definition) is 4. The van der Waals surface area contributed by atoms with Crippen molar-refractivity contribution in [3.8, 4) is 11.5 Å². The van der Waals surface area contributed by atoms with Crippen molar-refractivity contribution in [3.63, 3.8) is 0 Å². The van der Waals surface area contributed by atoms with Crippen molar-refractivity contribution in [2.75, 3.05) is 5.32 Å². The Bertz CT molecular complexity index is 1650. The molecular formula is C28H19N3O3. The number of carbonyl (C=O) groups excluding carboxylic acids is 1. The number of amides is 1. The highest BCUT2D eigenvalue weighted by molar-refractivity contribution is 5.97. The standard InChI is InChI=1S/C28H19N3O3/c32-26(17-31-23-10-4-1-7-20(23)27(33)21-8-2-5-11-24(21)31)29-19-15-13-18(14-16-19)28-30-22-9-3-6-12-25(22)34-28/h1-16H,17H2,(H,29,32). The van der Waals surface area contributed by atoms with Crippen molar-refractivity contribution in [2.24, 2.45) is 0 Å². The summed E-state index contributed by atoms with van der Waals surface area (Å²) in [5.74, 6) is 0.346. The van der Waals surface area contributed by atoms with E-state index in [2.05, 4.69) is 10.3 Å². The van der Waals surface area contributed by atoms with Crippen LogP contribution in [0.1, 0.15) is 0 Å². The van der Waals surface area contributed by atoms with E-state index in [1.54, 1.807) is 12.1 Å². The summed E-state index contributed by atoms with van der Waals surface area (Å²) in [7, 11) is 0. The third-order valence-electron chi connectivity index (χ3n) is 5.89. The molecule has 0 aliphatic carbocycles. The molecule has 0 unspecified atom stereocenters. The zero-order valence-corrected chi connectivity index (χ0v) is 18.1. The predicted molar refractivity (Wildman–Crippen MR) is 134 cm³/mol. The Morgan fingerprint density at radius 3 is 2.09 bits per heavy atom. The highest BCUT2D eigenvalue weighted by Gasteiger charge is 2.13. The fourth-order valence-electron chi connectivity index (χ4n) is 4.28. The molecule has 6 nitrogen and oxygen atoms in total. The van der Waals surface area contributed by atoms with Crippen molar-refractivity contribution >= 4 is 44.5 Å². The first-order valence-electron chi connectivity index (χ1n) is 10.9. The molecule has 2 heterocycles. The van der Waals surface area contributed by atoms with Gasteiger partial charge in [0.2, 0.25) is 11.8 Å². The van der Waals surface area contributed by atoms with Crippen LogP contribution in [0.4, 0.5) is 5.69 Å². The second-order valence-corrected chi connectivity index (χ2v) is 8.06. The lowest BCUT2D eigenvalue weighted by atomic mass is 10.1. The Hall–Kier alpha value is -4.71. The SMILES string of the molecule is O=C(Cn1c2ccccc2c(=O)c2ccccc21)Nc1ccc(-c2nc3ccccc3o2)cc1. The topological polar surface area (TPSA) is 77.1 Å². The van der Waals surface area contributed by atoms with Crippen molar-refractivity contribution in [3.05, 3.63) is 107 Å². The highest BCUT2D eigenvalue weighted by atomic mass is 16.3. The number of pyridine rings is 1. The van der Waals surface area contributed by atoms with Crippen LogP contribution in [0.5, 0.6) is 0 Å². The molecule has 0 spiro atoms. The average molecular weight is 445 g/mol. The number of rotatable bonds is 4. The average Bonchev–Trinajstić information content (AvgIpc) is 3.31. The van der Waals surface area contributed by atoms with Crippen LogP contribution in [0, 0.1) is 0 Å². The Balaban J connectivity index is 1.28. The van der Waals surface area contributed by atoms with Gasteiger partial charge in [0, 0.05) is 22.0 Å². The number of nitrogens with one attached hydrogen (secondary N) is 1. The van der Waals surface area contributed by atoms with Crippen LogP contribution in [0.15, 0.2) is 106 Å². The molecular weight excluding hydrogens is 426 g/mol. The molecule has 0 fully saturated rings. The summed E-state index contributed by atoms with van der Waals surface area (Å²) in [5.41, 5.74) is 4.45. The van der Waals surface area contributed by atoms with Crippen LogP contribution in [-0.2, 0) is 11.3 Å². The maximum atomic E-state index is 13.0. The summed E-state index contributed by atoms with van der Waals surface area (Å²) < 4.78 is 7.70. The van der Waals surface area contributed by atoms with E-state index < -0.39 is 0 Å². The molecule has 6 heteroatoms. The van der Waals surface area contributed by atoms with Crippen LogP contribution in [0.2, 0.25) is 0 Å². The lowest BCUT2D eigenvalue weighted by Gasteiger charge is -2.15. The number of para-hydroxylation sites is 4. The lowest BCUT2D eigenvalue weighted by Crippen LogP contribution is -2.21. The van der Waals surface area contributed by atoms with Crippen molar-refractivity contribution < 1.29 is 9.21 Å². The van der Waals surface area contributed by atoms with Gasteiger partial charge in [-0.15, -0.1) is 0 Å². The molecule has 0 bridgehead atoms. The molecule has 6 rings (SSSR count). The number of fused-ring (bicyclic) bond motifs is 3. The van der Waals surface area contributed by atoms with Gasteiger partial charge in [-0.2, -0.15) is 0 Å². The van der Waals surface area contributed by atoms with Crippen molar-refractivity contribution in [1.29, 1.82) is 0 Å². The van der Waals surface area contributed by atoms with Gasteiger partial charge in [-0.25, -0.2) is 4.98 Å². The van der Waals surface area contributed by atoms with Crippen LogP contribution >= 0.6 is 0 Å². The molecule has 0 radical (unpaired) electrons. The monoisotopic (exact) mass is 445 g/mol. The van der Waals surface area contributed by atoms with E-state index in [0.29, 0.717) is 22.4 Å². The number of benzene rings is 4. The van der Waals surface area contributed by atoms with Crippen LogP contribution in [0.3, 0.4) is 0 Å². The Kier molecular flexibility index (Phi) is 4.70. The zero-order chi connectivity index (χ0) is 23.1. The van der Waals surface area contributed by atoms with Gasteiger partial charge < -0.3 is 14.3 Å². The van der Waals surface area contributed by atoms with E-state index >= 15 is 0 Å². The van der Waals surface area contributed by atoms with Crippen LogP contribution in [-0.4, -0.2) is 15.5 Å². The molecule has 0 atom stereocenters. The third kappa shape index (κ3) is 3.42. The van der Waals surface area contributed by atoms with Gasteiger partial charge in [-0.3, -0.25) is 9.59 Å². The second kappa shape index (κ2) is 8.01. The number of anilines is 1. The summed E-state index contributed by atoms with van der Waals surface area (Å²) in [5, 5.41) is 4.14. The Morgan fingerprint density at radius 1 is 0.794 bits per heavy atom. The molecule has 6 aromatic rings. The fourth-order valence-corrected chi connectivity index (χ4v) is 4.28. The maximum absolute atomic E-state index is 13.0. The second-order valence-electron chi connectivity index (χ2n) is 8.06. The molecule has 164 valence electrons. The van der Waals surface area contributed by atoms with Gasteiger partial charge in [0.05, 0.1) is 11.0 Å². The van der Waals surface area contributed by atoms with E-state index in [-0.39, 0.29) is 17.9 Å². The normalized spacial score (nSPS) is 11.3. The molecule has 0 saturated carbocycles. The van der Waals surface area contributed by atoms with Crippen molar-refractivity contribution in [2.45, 2.75) is 6.54 Å². The summed E-state index contributed by atoms with van der Waals surface area (Å²) in [4.78, 5) is 30.4. The molecule has 2 aromatic heterocycles. The van der Waals surface area contributed by atoms with E-state index in [1.165, 1.54) is 0 Å². The molecule has 0 saturated heterocycles. The number of aromatic nitrogens is 2. The van der Waals surface area contributed by atoms with Crippen LogP contribution < -0.4 is 10.7 Å². The molecule has 0 aliphatic rings. The van der Waals surface area contributed by atoms with Gasteiger partial charge in [-0.1, -0.05) is 36.4 Å². The number of carbonyl (C=O) groups is 1. The van der Waals surface area contributed by atoms with E-state index in [4.69, 9.17) is 4.42 Å². The largest absolute Gasteiger partial charge is 0.436 e. The summed E-state index contributed by atoms with van der Waals surface area (Å²) in [6, 6.07) is 29.7. The van der Waals surface area contributed by atoms with E-state index in [9.17, 15) is 9.59 Å². The van der Waals surface area contributed by atoms with Gasteiger partial charge >= 0.3 is 0 Å². The molecule has 1 amide bonds. The fraction of sp³-hybridized carbons (Fsp3) is 0.0357. The van der Waals surface area contributed by atoms with Crippen molar-refractivity contribution in [1.82, 2.24) is 9.55 Å². The van der Waals surface area contributed by atoms with E-state index in [0.717, 1.165) is 27.7 Å². The van der Waals surface area contributed by atoms with Gasteiger partial charge in [0.15, 0.2) is 11.0 Å². The molecule has 0 aliphatic heterocycles. The Morgan fingerprint density at radius 2 is 1.41 bits per heavy atom. The molecule has 1 N–H and O–H groups in total. The smallest absolute Gasteiger partial charge is 0.244 e. The predicted octanol–water partition coefficient (Wildman–Crippen LogP) is 5.60. The first-order valence-corrected chi connectivity index (χ1v) is 10.9. The lowest BCUT2D eigenvalue weighted by molar-refractivity contribution is -0.116. The van der Waals surface area contributed by atoms with Gasteiger partial charge in [-0.05, 0) is 60.7 Å². The summed E-state index contributed by atoms with van der Waals surface area (Å²) >= 11 is 0. The third-order valence-corrected chi connectivity index (χ3v) is 5.89. The highest BCUT2D eigenvalue weighted by Crippen LogP contribution is 2.25. The van der Waals surface area contributed by atoms with Gasteiger partial charge in [0.25, 0.3) is 0 Å². The first kappa shape index (κ1) is 19.9. The molecule has 34 heavy (non-hydrogen) atoms. The van der Waals surface area contributed by atoms with E-state index in [1.807, 2.05) is 89.5 Å². The quantitative estimate of drug-likeness (QED) is 0.358. The zero-order valence-electron chi connectivity index (χ0n) is 18.1. The minimum atomic E-state index is -0.187. The number of oxazole rings is 1. The minimum Gasteiger partial charge on any atom is -0.436 e. The Labute approximate surface area is 194 Å². The molecule has 4 aromatic carbocycles. The van der Waals surface area contributed by atoms with Crippen LogP contribution in [0.25, 0.3) is 44.4 Å². The summed E-state index contributed by atoms with van der Waals surface area (Å²) in [6.07, 6.45) is 0. The first-order chi connectivity index (χ1) is 16.7.